The van der Waals surface area contributed by atoms with Gasteiger partial charge in [-0.2, -0.15) is 0 Å². The van der Waals surface area contributed by atoms with Crippen molar-refractivity contribution in [3.8, 4) is 0 Å². The van der Waals surface area contributed by atoms with Gasteiger partial charge in [-0.05, 0) is 30.3 Å². The summed E-state index contributed by atoms with van der Waals surface area (Å²) >= 11 is 7.75. The number of hydrogen-bond donors (Lipinski definition) is 2. The Balaban J connectivity index is 1.65. The number of anilines is 1. The third-order valence-corrected chi connectivity index (χ3v) is 5.86. The minimum absolute atomic E-state index is 0.179. The number of ether oxygens (including phenoxy) is 1. The zero-order valence-corrected chi connectivity index (χ0v) is 18.0. The quantitative estimate of drug-likeness (QED) is 0.637. The Morgan fingerprint density at radius 3 is 2.67 bits per heavy atom. The lowest BCUT2D eigenvalue weighted by atomic mass is 10.1. The molecule has 3 rings (SSSR count). The molecule has 2 aromatic carbocycles. The number of nitrogens with zero attached hydrogens (tertiary/aromatic N) is 1. The summed E-state index contributed by atoms with van der Waals surface area (Å²) in [6.07, 6.45) is 0. The van der Waals surface area contributed by atoms with E-state index in [1.54, 1.807) is 48.4 Å². The molecular weight excluding hydrogens is 426 g/mol. The highest BCUT2D eigenvalue weighted by Gasteiger charge is 2.35. The predicted molar refractivity (Wildman–Crippen MR) is 118 cm³/mol. The van der Waals surface area contributed by atoms with Gasteiger partial charge in [-0.1, -0.05) is 29.8 Å². The molecule has 9 heteroatoms. The van der Waals surface area contributed by atoms with Crippen molar-refractivity contribution in [3.05, 3.63) is 64.7 Å². The second-order valence-electron chi connectivity index (χ2n) is 6.59. The molecule has 1 saturated heterocycles. The third kappa shape index (κ3) is 5.33. The average molecular weight is 448 g/mol. The average Bonchev–Trinajstić information content (AvgIpc) is 3.24. The number of amides is 3. The number of rotatable bonds is 7. The van der Waals surface area contributed by atoms with Crippen molar-refractivity contribution in [1.29, 1.82) is 0 Å². The summed E-state index contributed by atoms with van der Waals surface area (Å²) in [6.45, 7) is 0.768. The molecule has 0 aliphatic carbocycles. The maximum absolute atomic E-state index is 12.8. The Kier molecular flexibility index (Phi) is 7.73. The van der Waals surface area contributed by atoms with Gasteiger partial charge in [0.15, 0.2) is 0 Å². The zero-order valence-electron chi connectivity index (χ0n) is 16.4. The van der Waals surface area contributed by atoms with Crippen LogP contribution in [0, 0.1) is 0 Å². The minimum Gasteiger partial charge on any atom is -0.383 e. The normalized spacial score (nSPS) is 15.7. The van der Waals surface area contributed by atoms with E-state index in [-0.39, 0.29) is 22.7 Å². The van der Waals surface area contributed by atoms with Crippen LogP contribution in [0.2, 0.25) is 5.02 Å². The second kappa shape index (κ2) is 10.5. The maximum atomic E-state index is 12.8. The fraction of sp³-hybridized carbons (Fsp3) is 0.286. The highest BCUT2D eigenvalue weighted by Crippen LogP contribution is 2.26. The molecule has 7 nitrogen and oxygen atoms in total. The van der Waals surface area contributed by atoms with E-state index in [9.17, 15) is 14.4 Å². The van der Waals surface area contributed by atoms with Gasteiger partial charge in [0.1, 0.15) is 6.04 Å². The summed E-state index contributed by atoms with van der Waals surface area (Å²) in [5, 5.41) is 5.72. The Morgan fingerprint density at radius 1 is 1.20 bits per heavy atom. The molecule has 1 fully saturated rings. The van der Waals surface area contributed by atoms with Gasteiger partial charge in [0.25, 0.3) is 11.8 Å². The minimum atomic E-state index is -0.585. The predicted octanol–water partition coefficient (Wildman–Crippen LogP) is 2.87. The number of methoxy groups -OCH3 is 1. The molecule has 1 aliphatic rings. The van der Waals surface area contributed by atoms with Crippen LogP contribution in [0.5, 0.6) is 0 Å². The number of hydrogen-bond acceptors (Lipinski definition) is 5. The van der Waals surface area contributed by atoms with E-state index in [0.717, 1.165) is 0 Å². The van der Waals surface area contributed by atoms with Crippen LogP contribution in [0.1, 0.15) is 20.7 Å². The second-order valence-corrected chi connectivity index (χ2v) is 8.00. The lowest BCUT2D eigenvalue weighted by Gasteiger charge is -2.23. The first-order valence-electron chi connectivity index (χ1n) is 9.32. The van der Waals surface area contributed by atoms with Crippen LogP contribution >= 0.6 is 23.4 Å². The van der Waals surface area contributed by atoms with Crippen molar-refractivity contribution in [2.45, 2.75) is 6.04 Å². The molecule has 30 heavy (non-hydrogen) atoms. The van der Waals surface area contributed by atoms with Crippen LogP contribution in [0.4, 0.5) is 5.69 Å². The van der Waals surface area contributed by atoms with E-state index in [1.165, 1.54) is 17.8 Å². The number of carbonyl (C=O) groups is 3. The lowest BCUT2D eigenvalue weighted by molar-refractivity contribution is -0.119. The van der Waals surface area contributed by atoms with E-state index >= 15 is 0 Å². The molecule has 2 N–H and O–H groups in total. The van der Waals surface area contributed by atoms with Gasteiger partial charge in [0.05, 0.1) is 23.1 Å². The highest BCUT2D eigenvalue weighted by molar-refractivity contribution is 7.99. The molecule has 1 heterocycles. The SMILES string of the molecule is COCCNC(=O)c1ccc(NC(=O)[C@@H]2CSCN2C(=O)c2ccccc2)cc1Cl. The smallest absolute Gasteiger partial charge is 0.255 e. The van der Waals surface area contributed by atoms with Crippen LogP contribution in [-0.4, -0.2) is 60.6 Å². The third-order valence-electron chi connectivity index (χ3n) is 4.54. The van der Waals surface area contributed by atoms with Crippen LogP contribution in [0.25, 0.3) is 0 Å². The van der Waals surface area contributed by atoms with Crippen molar-refractivity contribution in [3.63, 3.8) is 0 Å². The van der Waals surface area contributed by atoms with E-state index in [1.807, 2.05) is 6.07 Å². The zero-order chi connectivity index (χ0) is 21.5. The van der Waals surface area contributed by atoms with E-state index < -0.39 is 6.04 Å². The molecule has 2 aromatic rings. The number of nitrogens with one attached hydrogen (secondary N) is 2. The molecule has 0 spiro atoms. The van der Waals surface area contributed by atoms with E-state index in [2.05, 4.69) is 10.6 Å². The van der Waals surface area contributed by atoms with Crippen LogP contribution in [-0.2, 0) is 9.53 Å². The molecule has 0 unspecified atom stereocenters. The van der Waals surface area contributed by atoms with Crippen molar-refractivity contribution in [2.75, 3.05) is 37.2 Å². The van der Waals surface area contributed by atoms with Crippen LogP contribution in [0.15, 0.2) is 48.5 Å². The van der Waals surface area contributed by atoms with Gasteiger partial charge in [0.2, 0.25) is 5.91 Å². The summed E-state index contributed by atoms with van der Waals surface area (Å²) in [7, 11) is 1.55. The maximum Gasteiger partial charge on any atom is 0.255 e. The summed E-state index contributed by atoms with van der Waals surface area (Å²) in [5.74, 6) is 0.173. The van der Waals surface area contributed by atoms with Gasteiger partial charge in [-0.3, -0.25) is 14.4 Å². The molecule has 0 bridgehead atoms. The Hall–Kier alpha value is -2.55. The van der Waals surface area contributed by atoms with Crippen LogP contribution < -0.4 is 10.6 Å². The van der Waals surface area contributed by atoms with E-state index in [0.29, 0.717) is 41.6 Å². The highest BCUT2D eigenvalue weighted by atomic mass is 35.5. The molecule has 3 amide bonds. The van der Waals surface area contributed by atoms with Gasteiger partial charge < -0.3 is 20.3 Å². The number of carbonyl (C=O) groups excluding carboxylic acids is 3. The largest absolute Gasteiger partial charge is 0.383 e. The fourth-order valence-electron chi connectivity index (χ4n) is 2.97. The molecule has 1 atom stereocenters. The molecule has 158 valence electrons. The summed E-state index contributed by atoms with van der Waals surface area (Å²) in [5.41, 5.74) is 1.32. The van der Waals surface area contributed by atoms with Crippen LogP contribution in [0.3, 0.4) is 0 Å². The molecule has 0 saturated carbocycles. The standard InChI is InChI=1S/C21H22ClN3O4S/c1-29-10-9-23-19(26)16-8-7-15(11-17(16)22)24-20(27)18-12-30-13-25(18)21(28)14-5-3-2-4-6-14/h2-8,11,18H,9-10,12-13H2,1H3,(H,23,26)(H,24,27)/t18-/m0/s1. The Labute approximate surface area is 184 Å². The van der Waals surface area contributed by atoms with Crippen molar-refractivity contribution in [1.82, 2.24) is 10.2 Å². The lowest BCUT2D eigenvalue weighted by Crippen LogP contribution is -2.44. The summed E-state index contributed by atoms with van der Waals surface area (Å²) in [4.78, 5) is 39.3. The van der Waals surface area contributed by atoms with E-state index in [4.69, 9.17) is 16.3 Å². The first kappa shape index (κ1) is 22.1. The molecule has 0 radical (unpaired) electrons. The topological polar surface area (TPSA) is 87.7 Å². The summed E-state index contributed by atoms with van der Waals surface area (Å²) < 4.78 is 4.90. The van der Waals surface area contributed by atoms with Gasteiger partial charge in [0, 0.05) is 30.7 Å². The summed E-state index contributed by atoms with van der Waals surface area (Å²) in [6, 6.07) is 13.0. The van der Waals surface area contributed by atoms with Crippen molar-refractivity contribution in [2.24, 2.45) is 0 Å². The van der Waals surface area contributed by atoms with Gasteiger partial charge >= 0.3 is 0 Å². The molecule has 1 aliphatic heterocycles. The Bertz CT molecular complexity index is 926. The number of thioether (sulfide) groups is 1. The van der Waals surface area contributed by atoms with Crippen molar-refractivity contribution < 1.29 is 19.1 Å². The number of benzene rings is 2. The van der Waals surface area contributed by atoms with Crippen molar-refractivity contribution >= 4 is 46.8 Å². The monoisotopic (exact) mass is 447 g/mol. The molecule has 0 aromatic heterocycles. The Morgan fingerprint density at radius 2 is 1.97 bits per heavy atom. The van der Waals surface area contributed by atoms with Gasteiger partial charge in [-0.25, -0.2) is 0 Å². The first-order valence-corrected chi connectivity index (χ1v) is 10.9. The number of halogens is 1. The fourth-order valence-corrected chi connectivity index (χ4v) is 4.39. The first-order chi connectivity index (χ1) is 14.5. The molecular formula is C21H22ClN3O4S. The van der Waals surface area contributed by atoms with Gasteiger partial charge in [-0.15, -0.1) is 11.8 Å².